The minimum absolute atomic E-state index is 0.155. The van der Waals surface area contributed by atoms with Crippen molar-refractivity contribution in [3.8, 4) is 0 Å². The van der Waals surface area contributed by atoms with Crippen LogP contribution in [0.1, 0.15) is 60.3 Å². The summed E-state index contributed by atoms with van der Waals surface area (Å²) in [7, 11) is 2.43. The van der Waals surface area contributed by atoms with Crippen LogP contribution in [0.4, 0.5) is 0 Å². The average Bonchev–Trinajstić information content (AvgIpc) is 2.75. The van der Waals surface area contributed by atoms with E-state index in [1.54, 1.807) is 6.92 Å². The first-order valence-corrected chi connectivity index (χ1v) is 11.4. The predicted octanol–water partition coefficient (Wildman–Crippen LogP) is -0.515. The fraction of sp³-hybridized carbons (Fsp3) is 0.739. The number of amides is 4. The topological polar surface area (TPSA) is 174 Å². The zero-order chi connectivity index (χ0) is 26.8. The standard InChI is InChI=1S/C23H42N4O7/c1-8-10-11-14(3)17(28)12-18(29)25-15(9-2)20(31)27(7)22(33)21(32)26(6)16(19(24)30)13-23(4,5)34/h8,10,14-17,22,28,33-34H,9,11-13H2,1-7H3,(H2,24,30)(H,25,29)/b10-8+/t14-,15+,16+,17+,22-/m1/s1. The van der Waals surface area contributed by atoms with E-state index in [1.807, 2.05) is 26.0 Å². The fourth-order valence-corrected chi connectivity index (χ4v) is 3.26. The zero-order valence-corrected chi connectivity index (χ0v) is 21.3. The van der Waals surface area contributed by atoms with Crippen LogP contribution in [-0.2, 0) is 19.2 Å². The smallest absolute Gasteiger partial charge is 0.273 e. The third kappa shape index (κ3) is 10.2. The molecule has 34 heavy (non-hydrogen) atoms. The summed E-state index contributed by atoms with van der Waals surface area (Å²) in [6.45, 7) is 8.21. The van der Waals surface area contributed by atoms with Crippen molar-refractivity contribution in [2.45, 2.75) is 90.3 Å². The number of carbonyl (C=O) groups excluding carboxylic acids is 4. The Balaban J connectivity index is 5.24. The lowest BCUT2D eigenvalue weighted by Gasteiger charge is -2.34. The van der Waals surface area contributed by atoms with Crippen LogP contribution in [-0.4, -0.2) is 92.9 Å². The lowest BCUT2D eigenvalue weighted by atomic mass is 9.97. The van der Waals surface area contributed by atoms with Gasteiger partial charge in [-0.25, -0.2) is 0 Å². The SMILES string of the molecule is C/C=C/C[C@@H](C)[C@@H](O)CC(=O)N[C@@H](CC)C(=O)N(C)[C@H](O)C(=O)N(C)[C@@H](CC(C)(C)O)C(N)=O. The molecule has 196 valence electrons. The van der Waals surface area contributed by atoms with Gasteiger partial charge < -0.3 is 36.2 Å². The molecule has 0 aromatic carbocycles. The van der Waals surface area contributed by atoms with Gasteiger partial charge in [-0.15, -0.1) is 0 Å². The summed E-state index contributed by atoms with van der Waals surface area (Å²) < 4.78 is 0. The fourth-order valence-electron chi connectivity index (χ4n) is 3.26. The number of nitrogens with two attached hydrogens (primary N) is 1. The number of hydrogen-bond acceptors (Lipinski definition) is 7. The predicted molar refractivity (Wildman–Crippen MR) is 127 cm³/mol. The van der Waals surface area contributed by atoms with Gasteiger partial charge in [-0.1, -0.05) is 26.0 Å². The van der Waals surface area contributed by atoms with Crippen LogP contribution >= 0.6 is 0 Å². The second-order valence-electron chi connectivity index (χ2n) is 9.29. The molecule has 0 heterocycles. The Labute approximate surface area is 202 Å². The second-order valence-corrected chi connectivity index (χ2v) is 9.29. The normalized spacial score (nSPS) is 16.3. The van der Waals surface area contributed by atoms with Gasteiger partial charge in [0, 0.05) is 20.5 Å². The number of primary amides is 1. The summed E-state index contributed by atoms with van der Waals surface area (Å²) in [5, 5.41) is 33.2. The van der Waals surface area contributed by atoms with Crippen molar-refractivity contribution in [2.24, 2.45) is 11.7 Å². The highest BCUT2D eigenvalue weighted by Gasteiger charge is 2.37. The Morgan fingerprint density at radius 3 is 2.09 bits per heavy atom. The summed E-state index contributed by atoms with van der Waals surface area (Å²) in [5.41, 5.74) is 4.04. The Hall–Kier alpha value is -2.50. The molecule has 11 heteroatoms. The summed E-state index contributed by atoms with van der Waals surface area (Å²) in [6.07, 6.45) is 1.31. The van der Waals surface area contributed by atoms with Gasteiger partial charge in [-0.05, 0) is 39.5 Å². The molecule has 0 unspecified atom stereocenters. The third-order valence-electron chi connectivity index (χ3n) is 5.61. The maximum Gasteiger partial charge on any atom is 0.273 e. The Morgan fingerprint density at radius 1 is 1.09 bits per heavy atom. The molecule has 0 bridgehead atoms. The third-order valence-corrected chi connectivity index (χ3v) is 5.61. The van der Waals surface area contributed by atoms with Crippen LogP contribution in [0.15, 0.2) is 12.2 Å². The minimum Gasteiger partial charge on any atom is -0.392 e. The Bertz CT molecular complexity index is 735. The molecule has 0 spiro atoms. The number of likely N-dealkylation sites (N-methyl/N-ethyl adjacent to an activating group) is 2. The van der Waals surface area contributed by atoms with E-state index in [2.05, 4.69) is 5.32 Å². The summed E-state index contributed by atoms with van der Waals surface area (Å²) >= 11 is 0. The first-order chi connectivity index (χ1) is 15.6. The molecule has 0 aliphatic rings. The number of aliphatic hydroxyl groups excluding tert-OH is 2. The zero-order valence-electron chi connectivity index (χ0n) is 21.3. The number of allylic oxidation sites excluding steroid dienone is 2. The molecular formula is C23H42N4O7. The van der Waals surface area contributed by atoms with E-state index in [1.165, 1.54) is 27.9 Å². The molecule has 4 amide bonds. The van der Waals surface area contributed by atoms with Crippen molar-refractivity contribution in [3.05, 3.63) is 12.2 Å². The Kier molecular flexibility index (Phi) is 13.0. The number of nitrogens with zero attached hydrogens (tertiary/aromatic N) is 2. The highest BCUT2D eigenvalue weighted by Crippen LogP contribution is 2.17. The molecule has 0 fully saturated rings. The van der Waals surface area contributed by atoms with Crippen LogP contribution < -0.4 is 11.1 Å². The van der Waals surface area contributed by atoms with E-state index in [-0.39, 0.29) is 25.2 Å². The second kappa shape index (κ2) is 14.0. The van der Waals surface area contributed by atoms with Gasteiger partial charge in [0.25, 0.3) is 5.91 Å². The maximum atomic E-state index is 12.8. The molecule has 0 radical (unpaired) electrons. The monoisotopic (exact) mass is 486 g/mol. The maximum absolute atomic E-state index is 12.8. The largest absolute Gasteiger partial charge is 0.392 e. The highest BCUT2D eigenvalue weighted by molar-refractivity contribution is 5.93. The van der Waals surface area contributed by atoms with E-state index in [9.17, 15) is 34.5 Å². The lowest BCUT2D eigenvalue weighted by Crippen LogP contribution is -2.57. The first kappa shape index (κ1) is 31.5. The van der Waals surface area contributed by atoms with E-state index in [4.69, 9.17) is 5.73 Å². The first-order valence-electron chi connectivity index (χ1n) is 11.4. The average molecular weight is 487 g/mol. The van der Waals surface area contributed by atoms with Gasteiger partial charge in [0.15, 0.2) is 0 Å². The summed E-state index contributed by atoms with van der Waals surface area (Å²) in [4.78, 5) is 51.4. The molecule has 5 atom stereocenters. The quantitative estimate of drug-likeness (QED) is 0.162. The highest BCUT2D eigenvalue weighted by atomic mass is 16.3. The van der Waals surface area contributed by atoms with E-state index >= 15 is 0 Å². The molecule has 0 aliphatic heterocycles. The molecule has 0 saturated heterocycles. The molecule has 6 N–H and O–H groups in total. The van der Waals surface area contributed by atoms with Crippen molar-refractivity contribution in [1.82, 2.24) is 15.1 Å². The van der Waals surface area contributed by atoms with E-state index < -0.39 is 53.6 Å². The van der Waals surface area contributed by atoms with Gasteiger partial charge in [0.2, 0.25) is 23.9 Å². The van der Waals surface area contributed by atoms with Gasteiger partial charge >= 0.3 is 0 Å². The Morgan fingerprint density at radius 2 is 1.65 bits per heavy atom. The van der Waals surface area contributed by atoms with Crippen LogP contribution in [0.3, 0.4) is 0 Å². The van der Waals surface area contributed by atoms with Crippen molar-refractivity contribution < 1.29 is 34.5 Å². The number of hydrogen-bond donors (Lipinski definition) is 5. The van der Waals surface area contributed by atoms with Gasteiger partial charge in [0.1, 0.15) is 12.1 Å². The van der Waals surface area contributed by atoms with Gasteiger partial charge in [-0.2, -0.15) is 0 Å². The van der Waals surface area contributed by atoms with Crippen molar-refractivity contribution in [3.63, 3.8) is 0 Å². The lowest BCUT2D eigenvalue weighted by molar-refractivity contribution is -0.161. The van der Waals surface area contributed by atoms with Crippen LogP contribution in [0.2, 0.25) is 0 Å². The molecule has 11 nitrogen and oxygen atoms in total. The molecule has 0 rings (SSSR count). The van der Waals surface area contributed by atoms with Crippen molar-refractivity contribution >= 4 is 23.6 Å². The van der Waals surface area contributed by atoms with Gasteiger partial charge in [0.05, 0.1) is 18.1 Å². The number of aliphatic hydroxyl groups is 3. The van der Waals surface area contributed by atoms with Crippen molar-refractivity contribution in [1.29, 1.82) is 0 Å². The minimum atomic E-state index is -1.95. The van der Waals surface area contributed by atoms with Crippen LogP contribution in [0.25, 0.3) is 0 Å². The summed E-state index contributed by atoms with van der Waals surface area (Å²) in [6, 6.07) is -2.25. The molecular weight excluding hydrogens is 444 g/mol. The number of carbonyl (C=O) groups is 4. The molecule has 0 aromatic heterocycles. The number of nitrogens with one attached hydrogen (secondary N) is 1. The van der Waals surface area contributed by atoms with Crippen molar-refractivity contribution in [2.75, 3.05) is 14.1 Å². The van der Waals surface area contributed by atoms with E-state index in [0.29, 0.717) is 6.42 Å². The molecule has 0 saturated carbocycles. The molecule has 0 aliphatic carbocycles. The van der Waals surface area contributed by atoms with E-state index in [0.717, 1.165) is 9.80 Å². The number of rotatable bonds is 14. The van der Waals surface area contributed by atoms with Gasteiger partial charge in [-0.3, -0.25) is 19.2 Å². The molecule has 0 aromatic rings. The summed E-state index contributed by atoms with van der Waals surface area (Å²) in [5.74, 6) is -3.26. The van der Waals surface area contributed by atoms with Crippen LogP contribution in [0.5, 0.6) is 0 Å². The van der Waals surface area contributed by atoms with Crippen LogP contribution in [0, 0.1) is 5.92 Å².